The van der Waals surface area contributed by atoms with Gasteiger partial charge in [-0.1, -0.05) is 54.6 Å². The number of nitrogens with one attached hydrogen (secondary N) is 5. The van der Waals surface area contributed by atoms with Crippen molar-refractivity contribution in [2.75, 3.05) is 52.4 Å². The van der Waals surface area contributed by atoms with Crippen molar-refractivity contribution in [3.05, 3.63) is 129 Å². The molecule has 0 unspecified atom stereocenters. The van der Waals surface area contributed by atoms with Crippen LogP contribution >= 0.6 is 0 Å². The molecule has 470 valence electrons. The molecule has 30 heteroatoms. The van der Waals surface area contributed by atoms with E-state index in [0.29, 0.717) is 27.6 Å². The molecule has 22 nitrogen and oxygen atoms in total. The van der Waals surface area contributed by atoms with E-state index in [1.807, 2.05) is 6.07 Å². The largest absolute Gasteiger partial charge is 0.492 e. The number of benzene rings is 4. The summed E-state index contributed by atoms with van der Waals surface area (Å²) in [7, 11) is -2.27. The Morgan fingerprint density at radius 1 is 0.644 bits per heavy atom. The second kappa shape index (κ2) is 29.8. The molecule has 0 aliphatic carbocycles. The monoisotopic (exact) mass is 1220 g/mol. The number of nitrogens with zero attached hydrogens (tertiary/aromatic N) is 3. The number of hydrogen-bond donors (Lipinski definition) is 11. The van der Waals surface area contributed by atoms with E-state index in [-0.39, 0.29) is 129 Å². The molecule has 0 spiro atoms. The van der Waals surface area contributed by atoms with Crippen LogP contribution in [0.25, 0.3) is 0 Å². The zero-order chi connectivity index (χ0) is 63.4. The van der Waals surface area contributed by atoms with E-state index in [4.69, 9.17) is 32.2 Å². The van der Waals surface area contributed by atoms with Crippen LogP contribution in [-0.4, -0.2) is 151 Å². The van der Waals surface area contributed by atoms with Crippen molar-refractivity contribution >= 4 is 60.6 Å². The third-order valence-corrected chi connectivity index (χ3v) is 15.4. The van der Waals surface area contributed by atoms with Gasteiger partial charge in [-0.15, -0.1) is 0 Å². The summed E-state index contributed by atoms with van der Waals surface area (Å²) in [6, 6.07) is 11.7. The van der Waals surface area contributed by atoms with Gasteiger partial charge < -0.3 is 72.9 Å². The van der Waals surface area contributed by atoms with E-state index in [1.54, 1.807) is 38.1 Å². The van der Waals surface area contributed by atoms with Crippen LogP contribution in [0.4, 0.5) is 26.3 Å². The Labute approximate surface area is 500 Å². The lowest BCUT2D eigenvalue weighted by Crippen LogP contribution is -2.56. The minimum absolute atomic E-state index is 0.0103. The maximum atomic E-state index is 14.4. The van der Waals surface area contributed by atoms with Crippen LogP contribution in [0.5, 0.6) is 0 Å². The standard InChI is InChI=1S/C57H74B2F6N12O10/c1-55(2)42-25-36(7-12-43(42)59(85)87-55)30-70-52(81)47(26-34-3-8-40(9-4-34)56(60,61)62)72-53(82)46(14-16-50(79)75(21-17-66)22-18-67)74-71-20-24-76(23-19-68)49(78)15-13-45(69)51(80)73-48(27-35-5-10-41(11-6-35)57(63,64)65)54(83)77-31-37-28-39-33-86-58(84)44(39)29-38(37)32-77/h3-12,25,28-29,45-48,71,74,84-85H,13-24,26-27,30-33,66-69H2,1-2H3,(H,70,81)(H,72,82)(H,73,80)/t45-,46-,47+,48+/m0/s1. The Kier molecular flexibility index (Phi) is 23.1. The predicted molar refractivity (Wildman–Crippen MR) is 309 cm³/mol. The van der Waals surface area contributed by atoms with Crippen molar-refractivity contribution in [1.82, 2.24) is 41.5 Å². The first-order valence-corrected chi connectivity index (χ1v) is 28.5. The molecule has 0 saturated heterocycles. The first-order valence-electron chi connectivity index (χ1n) is 28.5. The Balaban J connectivity index is 0.997. The second-order valence-electron chi connectivity index (χ2n) is 22.2. The first kappa shape index (κ1) is 67.5. The molecule has 87 heavy (non-hydrogen) atoms. The van der Waals surface area contributed by atoms with Gasteiger partial charge in [-0.05, 0) is 101 Å². The number of carbonyl (C=O) groups excluding carboxylic acids is 6. The van der Waals surface area contributed by atoms with Gasteiger partial charge in [0.15, 0.2) is 0 Å². The summed E-state index contributed by atoms with van der Waals surface area (Å²) in [4.78, 5) is 87.9. The Bertz CT molecular complexity index is 3070. The predicted octanol–water partition coefficient (Wildman–Crippen LogP) is -0.608. The van der Waals surface area contributed by atoms with Crippen LogP contribution in [0.2, 0.25) is 0 Å². The van der Waals surface area contributed by atoms with Gasteiger partial charge in [0.1, 0.15) is 18.1 Å². The molecule has 3 aliphatic rings. The molecule has 0 radical (unpaired) electrons. The van der Waals surface area contributed by atoms with Crippen LogP contribution in [-0.2, 0) is 95.1 Å². The third kappa shape index (κ3) is 18.1. The zero-order valence-electron chi connectivity index (χ0n) is 48.3. The van der Waals surface area contributed by atoms with Gasteiger partial charge in [-0.25, -0.2) is 5.43 Å². The van der Waals surface area contributed by atoms with Crippen molar-refractivity contribution in [2.45, 2.75) is 121 Å². The van der Waals surface area contributed by atoms with Crippen molar-refractivity contribution < 1.29 is 74.5 Å². The molecule has 0 saturated carbocycles. The van der Waals surface area contributed by atoms with E-state index in [1.165, 1.54) is 39.0 Å². The number of hydrogen-bond acceptors (Lipinski definition) is 16. The molecule has 15 N–H and O–H groups in total. The third-order valence-electron chi connectivity index (χ3n) is 15.4. The highest BCUT2D eigenvalue weighted by atomic mass is 19.4. The number of rotatable bonds is 29. The lowest BCUT2D eigenvalue weighted by Gasteiger charge is -2.27. The molecule has 6 amide bonds. The Hall–Kier alpha value is -6.99. The second-order valence-corrected chi connectivity index (χ2v) is 22.2. The van der Waals surface area contributed by atoms with Gasteiger partial charge >= 0.3 is 26.6 Å². The van der Waals surface area contributed by atoms with Gasteiger partial charge in [0, 0.05) is 97.7 Å². The van der Waals surface area contributed by atoms with E-state index in [0.717, 1.165) is 41.0 Å². The molecule has 3 aliphatic heterocycles. The highest BCUT2D eigenvalue weighted by Gasteiger charge is 2.41. The van der Waals surface area contributed by atoms with Gasteiger partial charge in [-0.3, -0.25) is 34.2 Å². The Morgan fingerprint density at radius 2 is 1.17 bits per heavy atom. The molecule has 3 heterocycles. The van der Waals surface area contributed by atoms with Gasteiger partial charge in [0.25, 0.3) is 0 Å². The summed E-state index contributed by atoms with van der Waals surface area (Å²) in [6.45, 7) is 4.52. The average molecular weight is 1220 g/mol. The van der Waals surface area contributed by atoms with Gasteiger partial charge in [0.05, 0.1) is 29.4 Å². The number of hydrazine groups is 1. The minimum atomic E-state index is -4.64. The molecule has 4 atom stereocenters. The number of fused-ring (bicyclic) bond motifs is 3. The molecule has 4 aromatic rings. The summed E-state index contributed by atoms with van der Waals surface area (Å²) in [5.74, 6) is -3.70. The van der Waals surface area contributed by atoms with Crippen molar-refractivity contribution in [1.29, 1.82) is 0 Å². The van der Waals surface area contributed by atoms with Crippen LogP contribution < -0.4 is 60.7 Å². The van der Waals surface area contributed by atoms with E-state index in [2.05, 4.69) is 26.8 Å². The smallest absolute Gasteiger partial charge is 0.423 e. The highest BCUT2D eigenvalue weighted by Crippen LogP contribution is 2.33. The summed E-state index contributed by atoms with van der Waals surface area (Å²) in [5.41, 5.74) is 32.2. The molecule has 0 fully saturated rings. The van der Waals surface area contributed by atoms with Gasteiger partial charge in [0.2, 0.25) is 35.4 Å². The first-order chi connectivity index (χ1) is 41.2. The lowest BCUT2D eigenvalue weighted by molar-refractivity contribution is -0.138. The molecule has 0 bridgehead atoms. The minimum Gasteiger partial charge on any atom is -0.423 e. The summed E-state index contributed by atoms with van der Waals surface area (Å²) in [5, 5.41) is 28.8. The van der Waals surface area contributed by atoms with Crippen LogP contribution in [0.3, 0.4) is 0 Å². The topological polar surface area (TPSA) is 335 Å². The number of halogens is 6. The fourth-order valence-electron chi connectivity index (χ4n) is 10.6. The van der Waals surface area contributed by atoms with Gasteiger partial charge in [-0.2, -0.15) is 26.3 Å². The van der Waals surface area contributed by atoms with E-state index < -0.39 is 97.0 Å². The number of nitrogens with two attached hydrogens (primary N) is 4. The molecule has 7 rings (SSSR count). The van der Waals surface area contributed by atoms with Crippen molar-refractivity contribution in [3.8, 4) is 0 Å². The van der Waals surface area contributed by atoms with Crippen LogP contribution in [0.15, 0.2) is 78.9 Å². The maximum Gasteiger partial charge on any atom is 0.492 e. The summed E-state index contributed by atoms with van der Waals surface area (Å²) < 4.78 is 92.0. The van der Waals surface area contributed by atoms with Crippen molar-refractivity contribution in [3.63, 3.8) is 0 Å². The van der Waals surface area contributed by atoms with Crippen molar-refractivity contribution in [2.24, 2.45) is 22.9 Å². The average Bonchev–Trinajstić information content (AvgIpc) is 1.93. The zero-order valence-corrected chi connectivity index (χ0v) is 48.3. The van der Waals surface area contributed by atoms with E-state index >= 15 is 0 Å². The number of carbonyl (C=O) groups is 6. The van der Waals surface area contributed by atoms with Crippen LogP contribution in [0.1, 0.15) is 89.6 Å². The lowest BCUT2D eigenvalue weighted by atomic mass is 9.78. The Morgan fingerprint density at radius 3 is 1.75 bits per heavy atom. The highest BCUT2D eigenvalue weighted by molar-refractivity contribution is 6.62. The molecular weight excluding hydrogens is 1150 g/mol. The molecule has 0 aromatic heterocycles. The SMILES string of the molecule is CC1(C)OB(O)c2ccc(CNC(=O)[C@@H](Cc3ccc(C(F)(F)F)cc3)NC(=O)[C@H](CCC(=O)N(CCN)CCN)NNCCN(CCN)C(=O)CC[C@H](N)C(=O)N[C@H](Cc3ccc(C(F)(F)F)cc3)C(=O)N3Cc4cc5c(cc4C3)B(O)OC5)cc21. The quantitative estimate of drug-likeness (QED) is 0.0140. The summed E-state index contributed by atoms with van der Waals surface area (Å²) >= 11 is 0. The normalized spacial score (nSPS) is 15.7. The number of amides is 6. The molecule has 4 aromatic carbocycles. The maximum absolute atomic E-state index is 14.4. The van der Waals surface area contributed by atoms with E-state index in [9.17, 15) is 65.2 Å². The fourth-order valence-corrected chi connectivity index (χ4v) is 10.6. The number of alkyl halides is 6. The summed E-state index contributed by atoms with van der Waals surface area (Å²) in [6.07, 6.45) is -10.6. The van der Waals surface area contributed by atoms with Crippen LogP contribution in [0, 0.1) is 0 Å². The fraction of sp³-hybridized carbons (Fsp3) is 0.474. The molecular formula is C57H74B2F6N12O10.